The molecular formula is C19H22O6. The maximum atomic E-state index is 12.5. The fraction of sp³-hybridized carbons (Fsp3) is 0.474. The van der Waals surface area contributed by atoms with Gasteiger partial charge in [-0.25, -0.2) is 4.79 Å². The summed E-state index contributed by atoms with van der Waals surface area (Å²) in [6.45, 7) is 3.49. The Kier molecular flexibility index (Phi) is 6.07. The Bertz CT molecular complexity index is 719. The van der Waals surface area contributed by atoms with Crippen molar-refractivity contribution in [2.75, 3.05) is 0 Å². The molecule has 2 rings (SSSR count). The topological polar surface area (TPSA) is 97.7 Å². The van der Waals surface area contributed by atoms with E-state index in [0.29, 0.717) is 31.2 Å². The van der Waals surface area contributed by atoms with Crippen molar-refractivity contribution in [1.29, 1.82) is 0 Å². The smallest absolute Gasteiger partial charge is 0.342 e. The first kappa shape index (κ1) is 18.8. The maximum absolute atomic E-state index is 12.5. The van der Waals surface area contributed by atoms with E-state index in [0.717, 1.165) is 5.56 Å². The third-order valence-electron chi connectivity index (χ3n) is 4.39. The number of aromatic hydroxyl groups is 1. The van der Waals surface area contributed by atoms with E-state index in [-0.39, 0.29) is 24.2 Å². The summed E-state index contributed by atoms with van der Waals surface area (Å²) in [6, 6.07) is 3.13. The minimum atomic E-state index is -0.949. The van der Waals surface area contributed by atoms with Crippen LogP contribution in [-0.4, -0.2) is 34.5 Å². The summed E-state index contributed by atoms with van der Waals surface area (Å²) in [4.78, 5) is 47.9. The summed E-state index contributed by atoms with van der Waals surface area (Å²) in [5, 5.41) is 10.1. The second-order valence-corrected chi connectivity index (χ2v) is 6.39. The molecule has 0 fully saturated rings. The van der Waals surface area contributed by atoms with Gasteiger partial charge in [0.25, 0.3) is 5.78 Å². The summed E-state index contributed by atoms with van der Waals surface area (Å²) >= 11 is 0. The van der Waals surface area contributed by atoms with Crippen molar-refractivity contribution in [3.05, 3.63) is 28.8 Å². The Morgan fingerprint density at radius 3 is 2.32 bits per heavy atom. The zero-order chi connectivity index (χ0) is 18.6. The number of phenols is 1. The van der Waals surface area contributed by atoms with Crippen molar-refractivity contribution in [3.8, 4) is 5.75 Å². The Morgan fingerprint density at radius 2 is 1.64 bits per heavy atom. The average Bonchev–Trinajstić information content (AvgIpc) is 2.55. The molecule has 0 bridgehead atoms. The van der Waals surface area contributed by atoms with Gasteiger partial charge in [-0.15, -0.1) is 0 Å². The van der Waals surface area contributed by atoms with Crippen molar-refractivity contribution in [2.45, 2.75) is 58.5 Å². The molecule has 1 aromatic rings. The predicted molar refractivity (Wildman–Crippen MR) is 89.5 cm³/mol. The van der Waals surface area contributed by atoms with Crippen molar-refractivity contribution >= 4 is 23.3 Å². The molecule has 0 unspecified atom stereocenters. The number of esters is 1. The van der Waals surface area contributed by atoms with E-state index in [1.165, 1.54) is 6.07 Å². The highest BCUT2D eigenvalue weighted by Gasteiger charge is 2.25. The highest BCUT2D eigenvalue weighted by molar-refractivity contribution is 6.63. The molecule has 6 heteroatoms. The number of hydrogen-bond donors (Lipinski definition) is 1. The molecule has 1 aliphatic rings. The molecule has 1 N–H and O–H groups in total. The number of aryl methyl sites for hydroxylation is 1. The fourth-order valence-electron chi connectivity index (χ4n) is 2.95. The van der Waals surface area contributed by atoms with E-state index in [1.54, 1.807) is 19.9 Å². The first-order valence-corrected chi connectivity index (χ1v) is 8.44. The van der Waals surface area contributed by atoms with E-state index in [4.69, 9.17) is 4.74 Å². The van der Waals surface area contributed by atoms with Crippen LogP contribution in [0.2, 0.25) is 0 Å². The molecule has 0 aromatic heterocycles. The van der Waals surface area contributed by atoms with Gasteiger partial charge in [0.2, 0.25) is 11.6 Å². The maximum Gasteiger partial charge on any atom is 0.342 e. The van der Waals surface area contributed by atoms with Crippen molar-refractivity contribution in [1.82, 2.24) is 0 Å². The van der Waals surface area contributed by atoms with Gasteiger partial charge < -0.3 is 9.84 Å². The molecule has 6 nitrogen and oxygen atoms in total. The summed E-state index contributed by atoms with van der Waals surface area (Å²) in [7, 11) is 0. The number of Topliss-reactive ketones (excluding diaryl/α,β-unsaturated/α-hetero) is 3. The van der Waals surface area contributed by atoms with Crippen LogP contribution in [0.3, 0.4) is 0 Å². The van der Waals surface area contributed by atoms with Crippen LogP contribution in [0.1, 0.15) is 60.5 Å². The number of ketones is 3. The molecule has 0 spiro atoms. The molecule has 0 amide bonds. The van der Waals surface area contributed by atoms with Crippen LogP contribution in [0.4, 0.5) is 0 Å². The predicted octanol–water partition coefficient (Wildman–Crippen LogP) is 2.46. The molecule has 134 valence electrons. The first-order valence-electron chi connectivity index (χ1n) is 8.44. The summed E-state index contributed by atoms with van der Waals surface area (Å²) < 4.78 is 5.38. The molecule has 1 aliphatic heterocycles. The van der Waals surface area contributed by atoms with Crippen LogP contribution in [0, 0.1) is 6.92 Å². The zero-order valence-electron chi connectivity index (χ0n) is 14.5. The number of benzene rings is 1. The van der Waals surface area contributed by atoms with E-state index in [9.17, 15) is 24.3 Å². The lowest BCUT2D eigenvalue weighted by Crippen LogP contribution is -2.25. The molecular weight excluding hydrogens is 324 g/mol. The number of hydrogen-bond acceptors (Lipinski definition) is 6. The number of phenolic OH excluding ortho intramolecular Hbond substituents is 1. The number of carbonyl (C=O) groups excluding carboxylic acids is 4. The highest BCUT2D eigenvalue weighted by Crippen LogP contribution is 2.27. The summed E-state index contributed by atoms with van der Waals surface area (Å²) in [5.74, 6) is -3.11. The standard InChI is InChI=1S/C19H22O6/c1-11-9-10-14(20)17-13(11)6-4-8-16(22)18(23)15(21)7-3-5-12(2)25-19(17)24/h9-10,12,20H,3-8H2,1-2H3/t12-/m0/s1. The summed E-state index contributed by atoms with van der Waals surface area (Å²) in [6.07, 6.45) is 0.795. The van der Waals surface area contributed by atoms with Gasteiger partial charge in [0, 0.05) is 12.8 Å². The zero-order valence-corrected chi connectivity index (χ0v) is 14.5. The molecule has 25 heavy (non-hydrogen) atoms. The lowest BCUT2D eigenvalue weighted by atomic mass is 9.94. The molecule has 1 aromatic carbocycles. The SMILES string of the molecule is Cc1ccc(O)c2c1CCCC(=O)C(=O)C(=O)CCC[C@H](C)OC2=O. The largest absolute Gasteiger partial charge is 0.507 e. The second-order valence-electron chi connectivity index (χ2n) is 6.39. The van der Waals surface area contributed by atoms with Crippen LogP contribution in [0.15, 0.2) is 12.1 Å². The van der Waals surface area contributed by atoms with Gasteiger partial charge in [-0.1, -0.05) is 6.07 Å². The Hall–Kier alpha value is -2.50. The van der Waals surface area contributed by atoms with Crippen LogP contribution in [0.5, 0.6) is 5.75 Å². The third-order valence-corrected chi connectivity index (χ3v) is 4.39. The van der Waals surface area contributed by atoms with Crippen molar-refractivity contribution in [2.24, 2.45) is 0 Å². The molecule has 1 heterocycles. The van der Waals surface area contributed by atoms with Crippen molar-refractivity contribution < 1.29 is 29.0 Å². The van der Waals surface area contributed by atoms with Crippen LogP contribution >= 0.6 is 0 Å². The third kappa shape index (κ3) is 4.53. The van der Waals surface area contributed by atoms with E-state index >= 15 is 0 Å². The van der Waals surface area contributed by atoms with Gasteiger partial charge in [-0.2, -0.15) is 0 Å². The van der Waals surface area contributed by atoms with Crippen molar-refractivity contribution in [3.63, 3.8) is 0 Å². The molecule has 1 atom stereocenters. The number of rotatable bonds is 0. The van der Waals surface area contributed by atoms with Crippen LogP contribution < -0.4 is 0 Å². The molecule has 0 saturated carbocycles. The van der Waals surface area contributed by atoms with E-state index < -0.39 is 29.4 Å². The van der Waals surface area contributed by atoms with Crippen LogP contribution in [-0.2, 0) is 25.5 Å². The van der Waals surface area contributed by atoms with Gasteiger partial charge in [0.1, 0.15) is 11.3 Å². The van der Waals surface area contributed by atoms with Gasteiger partial charge in [0.05, 0.1) is 6.10 Å². The Balaban J connectivity index is 2.34. The molecule has 0 saturated heterocycles. The Morgan fingerprint density at radius 1 is 1.00 bits per heavy atom. The number of fused-ring (bicyclic) bond motifs is 1. The minimum Gasteiger partial charge on any atom is -0.507 e. The number of carbonyl (C=O) groups is 4. The lowest BCUT2D eigenvalue weighted by Gasteiger charge is -2.17. The van der Waals surface area contributed by atoms with Gasteiger partial charge >= 0.3 is 5.97 Å². The fourth-order valence-corrected chi connectivity index (χ4v) is 2.95. The van der Waals surface area contributed by atoms with Crippen LogP contribution in [0.25, 0.3) is 0 Å². The highest BCUT2D eigenvalue weighted by atomic mass is 16.5. The first-order chi connectivity index (χ1) is 11.8. The molecule has 0 radical (unpaired) electrons. The summed E-state index contributed by atoms with van der Waals surface area (Å²) in [5.41, 5.74) is 1.50. The second kappa shape index (κ2) is 8.05. The van der Waals surface area contributed by atoms with Gasteiger partial charge in [-0.3, -0.25) is 14.4 Å². The quantitative estimate of drug-likeness (QED) is 0.572. The molecule has 0 aliphatic carbocycles. The average molecular weight is 346 g/mol. The normalized spacial score (nSPS) is 20.6. The van der Waals surface area contributed by atoms with Gasteiger partial charge in [0.15, 0.2) is 0 Å². The van der Waals surface area contributed by atoms with E-state index in [1.807, 2.05) is 0 Å². The van der Waals surface area contributed by atoms with Gasteiger partial charge in [-0.05, 0) is 56.7 Å². The number of cyclic esters (lactones) is 1. The van der Waals surface area contributed by atoms with E-state index in [2.05, 4.69) is 0 Å². The Labute approximate surface area is 146 Å². The number of ether oxygens (including phenoxy) is 1. The lowest BCUT2D eigenvalue weighted by molar-refractivity contribution is -0.144. The monoisotopic (exact) mass is 346 g/mol. The minimum absolute atomic E-state index is 0.0343.